The van der Waals surface area contributed by atoms with Crippen LogP contribution in [-0.4, -0.2) is 49.2 Å². The van der Waals surface area contributed by atoms with E-state index < -0.39 is 5.97 Å². The number of carboxylic acid groups (broad SMARTS) is 1. The summed E-state index contributed by atoms with van der Waals surface area (Å²) < 4.78 is 0. The smallest absolute Gasteiger partial charge is 0.335 e. The van der Waals surface area contributed by atoms with Crippen molar-refractivity contribution in [3.05, 3.63) is 28.8 Å². The van der Waals surface area contributed by atoms with Crippen LogP contribution in [0.25, 0.3) is 0 Å². The van der Waals surface area contributed by atoms with Crippen LogP contribution < -0.4 is 10.6 Å². The first-order chi connectivity index (χ1) is 9.45. The van der Waals surface area contributed by atoms with Gasteiger partial charge in [-0.3, -0.25) is 0 Å². The number of hydrogen-bond donors (Lipinski definition) is 3. The maximum atomic E-state index is 11.9. The Labute approximate surface area is 122 Å². The Morgan fingerprint density at radius 2 is 2.10 bits per heavy atom. The highest BCUT2D eigenvalue weighted by atomic mass is 35.5. The number of aromatic carboxylic acids is 1. The molecule has 0 aliphatic rings. The first-order valence-electron chi connectivity index (χ1n) is 6.15. The highest BCUT2D eigenvalue weighted by Crippen LogP contribution is 2.23. The van der Waals surface area contributed by atoms with E-state index in [1.54, 1.807) is 11.9 Å². The molecule has 0 bridgehead atoms. The summed E-state index contributed by atoms with van der Waals surface area (Å²) in [7, 11) is 3.54. The molecule has 0 saturated heterocycles. The van der Waals surface area contributed by atoms with E-state index in [0.29, 0.717) is 12.2 Å². The van der Waals surface area contributed by atoms with Crippen LogP contribution in [0.3, 0.4) is 0 Å². The predicted molar refractivity (Wildman–Crippen MR) is 78.6 cm³/mol. The van der Waals surface area contributed by atoms with Crippen LogP contribution in [0.1, 0.15) is 16.8 Å². The lowest BCUT2D eigenvalue weighted by molar-refractivity contribution is 0.0697. The Kier molecular flexibility index (Phi) is 6.27. The van der Waals surface area contributed by atoms with Crippen LogP contribution in [-0.2, 0) is 0 Å². The molecular formula is C13H18ClN3O3. The molecule has 0 aliphatic heterocycles. The van der Waals surface area contributed by atoms with Crippen molar-refractivity contribution in [3.63, 3.8) is 0 Å². The van der Waals surface area contributed by atoms with E-state index in [2.05, 4.69) is 10.6 Å². The SMILES string of the molecule is CNCCCN(C)C(=O)Nc1ccc(C(=O)O)cc1Cl. The maximum Gasteiger partial charge on any atom is 0.335 e. The summed E-state index contributed by atoms with van der Waals surface area (Å²) in [5.74, 6) is -1.06. The van der Waals surface area contributed by atoms with Gasteiger partial charge in [-0.25, -0.2) is 9.59 Å². The summed E-state index contributed by atoms with van der Waals surface area (Å²) >= 11 is 5.94. The monoisotopic (exact) mass is 299 g/mol. The zero-order valence-electron chi connectivity index (χ0n) is 11.4. The molecule has 7 heteroatoms. The quantitative estimate of drug-likeness (QED) is 0.703. The normalized spacial score (nSPS) is 10.2. The number of nitrogens with zero attached hydrogens (tertiary/aromatic N) is 1. The van der Waals surface area contributed by atoms with E-state index in [1.807, 2.05) is 7.05 Å². The van der Waals surface area contributed by atoms with E-state index in [1.165, 1.54) is 18.2 Å². The number of nitrogens with one attached hydrogen (secondary N) is 2. The zero-order chi connectivity index (χ0) is 15.1. The first-order valence-corrected chi connectivity index (χ1v) is 6.53. The number of anilines is 1. The van der Waals surface area contributed by atoms with E-state index in [0.717, 1.165) is 13.0 Å². The van der Waals surface area contributed by atoms with Crippen LogP contribution >= 0.6 is 11.6 Å². The van der Waals surface area contributed by atoms with Crippen molar-refractivity contribution in [3.8, 4) is 0 Å². The molecule has 3 N–H and O–H groups in total. The fourth-order valence-electron chi connectivity index (χ4n) is 1.55. The summed E-state index contributed by atoms with van der Waals surface area (Å²) in [6.45, 7) is 1.43. The third kappa shape index (κ3) is 4.71. The lowest BCUT2D eigenvalue weighted by Gasteiger charge is -2.18. The summed E-state index contributed by atoms with van der Waals surface area (Å²) in [5.41, 5.74) is 0.470. The fraction of sp³-hybridized carbons (Fsp3) is 0.385. The molecule has 0 saturated carbocycles. The van der Waals surface area contributed by atoms with Crippen molar-refractivity contribution in [1.82, 2.24) is 10.2 Å². The van der Waals surface area contributed by atoms with E-state index in [-0.39, 0.29) is 16.6 Å². The van der Waals surface area contributed by atoms with Crippen molar-refractivity contribution in [2.75, 3.05) is 32.5 Å². The summed E-state index contributed by atoms with van der Waals surface area (Å²) in [6, 6.07) is 3.89. The van der Waals surface area contributed by atoms with Gasteiger partial charge < -0.3 is 20.6 Å². The number of carbonyl (C=O) groups is 2. The Balaban J connectivity index is 2.64. The van der Waals surface area contributed by atoms with Crippen LogP contribution in [0.5, 0.6) is 0 Å². The second-order valence-corrected chi connectivity index (χ2v) is 4.72. The molecule has 0 unspecified atom stereocenters. The molecule has 1 aromatic rings. The molecule has 0 spiro atoms. The number of rotatable bonds is 6. The van der Waals surface area contributed by atoms with E-state index in [9.17, 15) is 9.59 Å². The predicted octanol–water partition coefficient (Wildman–Crippen LogP) is 2.11. The van der Waals surface area contributed by atoms with Gasteiger partial charge in [-0.2, -0.15) is 0 Å². The van der Waals surface area contributed by atoms with Crippen molar-refractivity contribution in [2.45, 2.75) is 6.42 Å². The minimum atomic E-state index is -1.06. The summed E-state index contributed by atoms with van der Waals surface area (Å²) in [5, 5.41) is 14.7. The van der Waals surface area contributed by atoms with Gasteiger partial charge in [0.1, 0.15) is 0 Å². The molecule has 0 aromatic heterocycles. The molecule has 110 valence electrons. The zero-order valence-corrected chi connectivity index (χ0v) is 12.2. The lowest BCUT2D eigenvalue weighted by atomic mass is 10.2. The Morgan fingerprint density at radius 3 is 2.65 bits per heavy atom. The molecule has 0 radical (unpaired) electrons. The van der Waals surface area contributed by atoms with Gasteiger partial charge in [-0.1, -0.05) is 11.6 Å². The molecule has 0 atom stereocenters. The number of hydrogen-bond acceptors (Lipinski definition) is 3. The van der Waals surface area contributed by atoms with Crippen LogP contribution in [0.15, 0.2) is 18.2 Å². The largest absolute Gasteiger partial charge is 0.478 e. The van der Waals surface area contributed by atoms with Gasteiger partial charge in [0.05, 0.1) is 16.3 Å². The second-order valence-electron chi connectivity index (χ2n) is 4.31. The Morgan fingerprint density at radius 1 is 1.40 bits per heavy atom. The average Bonchev–Trinajstić information content (AvgIpc) is 2.40. The number of carbonyl (C=O) groups excluding carboxylic acids is 1. The molecule has 0 fully saturated rings. The van der Waals surface area contributed by atoms with Crippen molar-refractivity contribution in [1.29, 1.82) is 0 Å². The number of carboxylic acids is 1. The fourth-order valence-corrected chi connectivity index (χ4v) is 1.78. The van der Waals surface area contributed by atoms with Gasteiger partial charge in [-0.05, 0) is 38.2 Å². The van der Waals surface area contributed by atoms with Crippen molar-refractivity contribution < 1.29 is 14.7 Å². The maximum absolute atomic E-state index is 11.9. The minimum absolute atomic E-state index is 0.0790. The number of benzene rings is 1. The van der Waals surface area contributed by atoms with Crippen LogP contribution in [0.2, 0.25) is 5.02 Å². The molecule has 1 rings (SSSR count). The van der Waals surface area contributed by atoms with Gasteiger partial charge in [0.2, 0.25) is 0 Å². The van der Waals surface area contributed by atoms with E-state index in [4.69, 9.17) is 16.7 Å². The lowest BCUT2D eigenvalue weighted by Crippen LogP contribution is -2.33. The first kappa shape index (κ1) is 16.3. The molecule has 0 heterocycles. The van der Waals surface area contributed by atoms with Crippen LogP contribution in [0.4, 0.5) is 10.5 Å². The van der Waals surface area contributed by atoms with Gasteiger partial charge >= 0.3 is 12.0 Å². The third-order valence-electron chi connectivity index (χ3n) is 2.72. The third-order valence-corrected chi connectivity index (χ3v) is 3.04. The molecule has 6 nitrogen and oxygen atoms in total. The van der Waals surface area contributed by atoms with Gasteiger partial charge in [-0.15, -0.1) is 0 Å². The molecule has 20 heavy (non-hydrogen) atoms. The highest BCUT2D eigenvalue weighted by Gasteiger charge is 2.12. The number of urea groups is 1. The molecule has 1 aromatic carbocycles. The van der Waals surface area contributed by atoms with Gasteiger partial charge in [0.15, 0.2) is 0 Å². The minimum Gasteiger partial charge on any atom is -0.478 e. The highest BCUT2D eigenvalue weighted by molar-refractivity contribution is 6.34. The number of halogens is 1. The molecule has 0 aliphatic carbocycles. The Bertz CT molecular complexity index is 494. The van der Waals surface area contributed by atoms with Gasteiger partial charge in [0.25, 0.3) is 0 Å². The van der Waals surface area contributed by atoms with Crippen molar-refractivity contribution in [2.24, 2.45) is 0 Å². The van der Waals surface area contributed by atoms with E-state index >= 15 is 0 Å². The summed E-state index contributed by atoms with van der Waals surface area (Å²) in [4.78, 5) is 24.2. The average molecular weight is 300 g/mol. The molecular weight excluding hydrogens is 282 g/mol. The van der Waals surface area contributed by atoms with Crippen LogP contribution in [0, 0.1) is 0 Å². The number of amides is 2. The standard InChI is InChI=1S/C13H18ClN3O3/c1-15-6-3-7-17(2)13(20)16-11-5-4-9(12(18)19)8-10(11)14/h4-5,8,15H,3,6-7H2,1-2H3,(H,16,20)(H,18,19). The topological polar surface area (TPSA) is 81.7 Å². The Hall–Kier alpha value is -1.79. The van der Waals surface area contributed by atoms with Gasteiger partial charge in [0, 0.05) is 13.6 Å². The van der Waals surface area contributed by atoms with Crippen molar-refractivity contribution >= 4 is 29.3 Å². The summed E-state index contributed by atoms with van der Waals surface area (Å²) in [6.07, 6.45) is 0.839. The second kappa shape index (κ2) is 7.72. The molecule has 2 amide bonds.